The third-order valence-corrected chi connectivity index (χ3v) is 11.3. The van der Waals surface area contributed by atoms with Crippen LogP contribution in [0.4, 0.5) is 0 Å². The highest BCUT2D eigenvalue weighted by Crippen LogP contribution is 2.42. The second-order valence-electron chi connectivity index (χ2n) is 15.6. The number of ether oxygens (including phenoxy) is 2. The van der Waals surface area contributed by atoms with Gasteiger partial charge in [0.15, 0.2) is 6.10 Å². The highest BCUT2D eigenvalue weighted by atomic mass is 31.2. The van der Waals surface area contributed by atoms with Gasteiger partial charge in [-0.3, -0.25) is 18.6 Å². The summed E-state index contributed by atoms with van der Waals surface area (Å²) in [5, 5.41) is 0. The molecule has 0 fully saturated rings. The molecule has 0 aliphatic carbocycles. The Labute approximate surface area is 328 Å². The average Bonchev–Trinajstić information content (AvgIpc) is 3.15. The van der Waals surface area contributed by atoms with Gasteiger partial charge in [-0.25, -0.2) is 4.57 Å². The van der Waals surface area contributed by atoms with Crippen LogP contribution in [0, 0.1) is 0 Å². The molecule has 0 amide bonds. The van der Waals surface area contributed by atoms with Gasteiger partial charge >= 0.3 is 19.8 Å². The second-order valence-corrected chi connectivity index (χ2v) is 17.1. The maximum absolute atomic E-state index is 12.5. The van der Waals surface area contributed by atoms with E-state index in [9.17, 15) is 19.0 Å². The third kappa shape index (κ3) is 40.5. The Kier molecular flexibility index (Phi) is 40.0. The van der Waals surface area contributed by atoms with E-state index in [1.165, 1.54) is 180 Å². The van der Waals surface area contributed by atoms with E-state index in [4.69, 9.17) is 14.0 Å². The van der Waals surface area contributed by atoms with Crippen molar-refractivity contribution in [2.75, 3.05) is 20.3 Å². The molecule has 2 unspecified atom stereocenters. The van der Waals surface area contributed by atoms with E-state index in [2.05, 4.69) is 18.4 Å². The van der Waals surface area contributed by atoms with Gasteiger partial charge in [0, 0.05) is 20.0 Å². The van der Waals surface area contributed by atoms with Crippen LogP contribution in [0.5, 0.6) is 0 Å². The van der Waals surface area contributed by atoms with Crippen LogP contribution in [0.25, 0.3) is 0 Å². The molecule has 0 aromatic heterocycles. The van der Waals surface area contributed by atoms with Crippen molar-refractivity contribution in [1.82, 2.24) is 0 Å². The van der Waals surface area contributed by atoms with Gasteiger partial charge in [-0.2, -0.15) is 0 Å². The number of esters is 2. The standard InChI is InChI=1S/C44H87O8P/c1-4-6-8-10-12-14-16-18-20-22-24-26-28-30-32-34-36-38-43(45)50-40-42(41-51-53(47,48)49-3)52-44(46)39-37-35-33-31-29-27-25-23-21-19-17-15-13-11-9-7-5-2/h42H,4-41H2,1-3H3,(H,47,48). The number of carbonyl (C=O) groups is 2. The minimum atomic E-state index is -4.25. The molecular weight excluding hydrogens is 687 g/mol. The van der Waals surface area contributed by atoms with Crippen LogP contribution in [0.15, 0.2) is 0 Å². The Hall–Kier alpha value is -0.950. The normalized spacial score (nSPS) is 13.2. The summed E-state index contributed by atoms with van der Waals surface area (Å²) in [5.41, 5.74) is 0. The summed E-state index contributed by atoms with van der Waals surface area (Å²) in [4.78, 5) is 34.5. The first kappa shape index (κ1) is 52.0. The summed E-state index contributed by atoms with van der Waals surface area (Å²) < 4.78 is 32.0. The smallest absolute Gasteiger partial charge is 0.462 e. The predicted molar refractivity (Wildman–Crippen MR) is 221 cm³/mol. The molecule has 316 valence electrons. The van der Waals surface area contributed by atoms with Crippen molar-refractivity contribution in [1.29, 1.82) is 0 Å². The van der Waals surface area contributed by atoms with E-state index >= 15 is 0 Å². The second kappa shape index (κ2) is 40.7. The fourth-order valence-corrected chi connectivity index (χ4v) is 7.30. The monoisotopic (exact) mass is 775 g/mol. The van der Waals surface area contributed by atoms with Gasteiger partial charge in [0.05, 0.1) is 6.61 Å². The van der Waals surface area contributed by atoms with Gasteiger partial charge in [-0.1, -0.05) is 219 Å². The van der Waals surface area contributed by atoms with Gasteiger partial charge in [0.2, 0.25) is 0 Å². The number of phosphoric acid groups is 1. The Bertz CT molecular complexity index is 838. The molecule has 0 radical (unpaired) electrons. The van der Waals surface area contributed by atoms with Crippen LogP contribution in [0.2, 0.25) is 0 Å². The zero-order valence-electron chi connectivity index (χ0n) is 35.2. The summed E-state index contributed by atoms with van der Waals surface area (Å²) in [5.74, 6) is -0.784. The zero-order chi connectivity index (χ0) is 38.9. The molecule has 2 atom stereocenters. The van der Waals surface area contributed by atoms with Crippen LogP contribution in [0.1, 0.15) is 245 Å². The predicted octanol–water partition coefficient (Wildman–Crippen LogP) is 14.3. The molecule has 0 aliphatic heterocycles. The quantitative estimate of drug-likeness (QED) is 0.0370. The lowest BCUT2D eigenvalue weighted by Gasteiger charge is -2.19. The zero-order valence-corrected chi connectivity index (χ0v) is 36.1. The summed E-state index contributed by atoms with van der Waals surface area (Å²) in [6.45, 7) is 3.93. The maximum atomic E-state index is 12.5. The fourth-order valence-electron chi connectivity index (χ4n) is 6.84. The molecule has 0 saturated carbocycles. The summed E-state index contributed by atoms with van der Waals surface area (Å²) in [7, 11) is -3.19. The van der Waals surface area contributed by atoms with Crippen molar-refractivity contribution in [2.45, 2.75) is 251 Å². The van der Waals surface area contributed by atoms with E-state index < -0.39 is 26.5 Å². The number of carbonyl (C=O) groups excluding carboxylic acids is 2. The maximum Gasteiger partial charge on any atom is 0.472 e. The molecule has 0 aliphatic rings. The average molecular weight is 775 g/mol. The first-order valence-corrected chi connectivity index (χ1v) is 24.2. The van der Waals surface area contributed by atoms with Crippen LogP contribution in [0.3, 0.4) is 0 Å². The van der Waals surface area contributed by atoms with Crippen molar-refractivity contribution >= 4 is 19.8 Å². The number of unbranched alkanes of at least 4 members (excludes halogenated alkanes) is 32. The van der Waals surface area contributed by atoms with Crippen molar-refractivity contribution in [3.8, 4) is 0 Å². The number of hydrogen-bond donors (Lipinski definition) is 1. The van der Waals surface area contributed by atoms with Crippen LogP contribution in [-0.2, 0) is 32.7 Å². The Morgan fingerprint density at radius 3 is 1.04 bits per heavy atom. The van der Waals surface area contributed by atoms with Crippen LogP contribution >= 0.6 is 7.82 Å². The Morgan fingerprint density at radius 2 is 0.736 bits per heavy atom. The van der Waals surface area contributed by atoms with Gasteiger partial charge in [-0.15, -0.1) is 0 Å². The lowest BCUT2D eigenvalue weighted by atomic mass is 10.0. The van der Waals surface area contributed by atoms with E-state index in [0.717, 1.165) is 45.6 Å². The highest BCUT2D eigenvalue weighted by molar-refractivity contribution is 7.47. The Balaban J connectivity index is 3.91. The molecule has 0 spiro atoms. The van der Waals surface area contributed by atoms with Gasteiger partial charge < -0.3 is 14.4 Å². The first-order valence-electron chi connectivity index (χ1n) is 22.7. The number of rotatable bonds is 43. The summed E-state index contributed by atoms with van der Waals surface area (Å²) in [6.07, 6.45) is 43.0. The van der Waals surface area contributed by atoms with E-state index in [-0.39, 0.29) is 19.0 Å². The molecule has 1 N–H and O–H groups in total. The van der Waals surface area contributed by atoms with E-state index in [0.29, 0.717) is 6.42 Å². The molecule has 0 saturated heterocycles. The summed E-state index contributed by atoms with van der Waals surface area (Å²) >= 11 is 0. The minimum absolute atomic E-state index is 0.216. The topological polar surface area (TPSA) is 108 Å². The first-order chi connectivity index (χ1) is 25.8. The minimum Gasteiger partial charge on any atom is -0.462 e. The molecule has 0 aromatic carbocycles. The van der Waals surface area contributed by atoms with E-state index in [1.807, 2.05) is 0 Å². The molecular formula is C44H87O8P. The third-order valence-electron chi connectivity index (χ3n) is 10.4. The van der Waals surface area contributed by atoms with Crippen LogP contribution < -0.4 is 0 Å². The molecule has 53 heavy (non-hydrogen) atoms. The highest BCUT2D eigenvalue weighted by Gasteiger charge is 2.24. The largest absolute Gasteiger partial charge is 0.472 e. The molecule has 0 bridgehead atoms. The molecule has 8 nitrogen and oxygen atoms in total. The van der Waals surface area contributed by atoms with Gasteiger partial charge in [0.1, 0.15) is 6.61 Å². The molecule has 0 rings (SSSR count). The number of phosphoric ester groups is 1. The van der Waals surface area contributed by atoms with Crippen molar-refractivity contribution in [3.05, 3.63) is 0 Å². The van der Waals surface area contributed by atoms with Crippen molar-refractivity contribution in [3.63, 3.8) is 0 Å². The van der Waals surface area contributed by atoms with Crippen LogP contribution in [-0.4, -0.2) is 43.3 Å². The fraction of sp³-hybridized carbons (Fsp3) is 0.955. The lowest BCUT2D eigenvalue weighted by Crippen LogP contribution is -2.29. The van der Waals surface area contributed by atoms with Gasteiger partial charge in [-0.05, 0) is 12.8 Å². The Morgan fingerprint density at radius 1 is 0.453 bits per heavy atom. The lowest BCUT2D eigenvalue weighted by molar-refractivity contribution is -0.161. The molecule has 0 heterocycles. The molecule has 9 heteroatoms. The number of hydrogen-bond acceptors (Lipinski definition) is 7. The van der Waals surface area contributed by atoms with Crippen molar-refractivity contribution < 1.29 is 37.6 Å². The SMILES string of the molecule is CCCCCCCCCCCCCCCCCCCC(=O)OCC(COP(=O)(O)OC)OC(=O)CCCCCCCCCCCCCCCCCCC. The van der Waals surface area contributed by atoms with E-state index in [1.54, 1.807) is 0 Å². The van der Waals surface area contributed by atoms with Crippen molar-refractivity contribution in [2.24, 2.45) is 0 Å². The molecule has 0 aromatic rings. The summed E-state index contributed by atoms with van der Waals surface area (Å²) in [6, 6.07) is 0. The van der Waals surface area contributed by atoms with Gasteiger partial charge in [0.25, 0.3) is 0 Å².